The molecule has 0 aliphatic heterocycles. The van der Waals surface area contributed by atoms with Crippen LogP contribution in [0.1, 0.15) is 271 Å². The van der Waals surface area contributed by atoms with Crippen molar-refractivity contribution in [2.75, 3.05) is 13.2 Å². The first-order valence-corrected chi connectivity index (χ1v) is 26.3. The molecule has 2 atom stereocenters. The van der Waals surface area contributed by atoms with Crippen molar-refractivity contribution in [3.63, 3.8) is 0 Å². The molecule has 1 amide bonds. The number of carbonyl (C=O) groups is 2. The smallest absolute Gasteiger partial charge is 0.305 e. The van der Waals surface area contributed by atoms with Crippen molar-refractivity contribution in [3.05, 3.63) is 36.5 Å². The van der Waals surface area contributed by atoms with Gasteiger partial charge in [0.15, 0.2) is 0 Å². The highest BCUT2D eigenvalue weighted by molar-refractivity contribution is 5.76. The van der Waals surface area contributed by atoms with Crippen molar-refractivity contribution in [3.8, 4) is 0 Å². The molecule has 6 heteroatoms. The number of rotatable bonds is 48. The maximum absolute atomic E-state index is 12.4. The van der Waals surface area contributed by atoms with Crippen LogP contribution >= 0.6 is 0 Å². The number of hydrogen-bond donors (Lipinski definition) is 3. The number of esters is 1. The zero-order valence-electron chi connectivity index (χ0n) is 39.9. The molecule has 0 fully saturated rings. The number of hydrogen-bond acceptors (Lipinski definition) is 5. The van der Waals surface area contributed by atoms with Crippen LogP contribution in [0, 0.1) is 0 Å². The highest BCUT2D eigenvalue weighted by Gasteiger charge is 2.17. The van der Waals surface area contributed by atoms with Crippen LogP contribution in [-0.4, -0.2) is 47.4 Å². The van der Waals surface area contributed by atoms with Gasteiger partial charge in [-0.1, -0.05) is 243 Å². The van der Waals surface area contributed by atoms with Crippen molar-refractivity contribution in [1.29, 1.82) is 0 Å². The first kappa shape index (κ1) is 58.1. The van der Waals surface area contributed by atoms with E-state index in [4.69, 9.17) is 4.74 Å². The van der Waals surface area contributed by atoms with Crippen molar-refractivity contribution in [2.24, 2.45) is 0 Å². The van der Waals surface area contributed by atoms with E-state index in [1.165, 1.54) is 186 Å². The Morgan fingerprint density at radius 1 is 0.467 bits per heavy atom. The molecule has 2 unspecified atom stereocenters. The lowest BCUT2D eigenvalue weighted by Gasteiger charge is -2.19. The average Bonchev–Trinajstić information content (AvgIpc) is 3.25. The molecule has 0 aromatic heterocycles. The Labute approximate surface area is 373 Å². The topological polar surface area (TPSA) is 95.9 Å². The van der Waals surface area contributed by atoms with Gasteiger partial charge in [-0.2, -0.15) is 0 Å². The van der Waals surface area contributed by atoms with Gasteiger partial charge in [-0.25, -0.2) is 0 Å². The Morgan fingerprint density at radius 3 is 1.30 bits per heavy atom. The summed E-state index contributed by atoms with van der Waals surface area (Å²) in [6.45, 7) is 4.84. The van der Waals surface area contributed by atoms with E-state index in [2.05, 4.69) is 37.4 Å². The summed E-state index contributed by atoms with van der Waals surface area (Å²) in [6, 6.07) is -0.671. The van der Waals surface area contributed by atoms with Gasteiger partial charge in [-0.05, 0) is 51.4 Å². The third-order valence-corrected chi connectivity index (χ3v) is 11.9. The lowest BCUT2D eigenvalue weighted by atomic mass is 10.0. The molecule has 0 radical (unpaired) electrons. The maximum Gasteiger partial charge on any atom is 0.305 e. The van der Waals surface area contributed by atoms with Gasteiger partial charge in [0.05, 0.1) is 25.4 Å². The Hall–Kier alpha value is -1.92. The quantitative estimate of drug-likeness (QED) is 0.0322. The molecule has 0 aromatic carbocycles. The second kappa shape index (κ2) is 49.7. The summed E-state index contributed by atoms with van der Waals surface area (Å²) in [5.41, 5.74) is 0. The van der Waals surface area contributed by atoms with Crippen LogP contribution in [0.4, 0.5) is 0 Å². The molecule has 0 heterocycles. The maximum atomic E-state index is 12.4. The Kier molecular flexibility index (Phi) is 48.1. The predicted molar refractivity (Wildman–Crippen MR) is 259 cm³/mol. The number of aliphatic hydroxyl groups excluding tert-OH is 2. The fraction of sp³-hybridized carbons (Fsp3) is 0.852. The molecular weight excluding hydrogens is 743 g/mol. The van der Waals surface area contributed by atoms with E-state index >= 15 is 0 Å². The van der Waals surface area contributed by atoms with E-state index in [-0.39, 0.29) is 18.5 Å². The first-order valence-electron chi connectivity index (χ1n) is 26.3. The minimum atomic E-state index is -0.879. The SMILES string of the molecule is CCCCCCCCCCCCCCCCCC/C=C/C(O)C(CO)NC(=O)CC/C=C\C/C=C\CCCCCCCCOC(=O)CCCCCCCCCCCCCC. The predicted octanol–water partition coefficient (Wildman–Crippen LogP) is 15.7. The van der Waals surface area contributed by atoms with Crippen molar-refractivity contribution in [2.45, 2.75) is 283 Å². The zero-order chi connectivity index (χ0) is 43.7. The Balaban J connectivity index is 3.60. The van der Waals surface area contributed by atoms with E-state index < -0.39 is 12.1 Å². The van der Waals surface area contributed by atoms with Crippen LogP contribution in [-0.2, 0) is 14.3 Å². The number of nitrogens with one attached hydrogen (secondary N) is 1. The number of ether oxygens (including phenoxy) is 1. The third kappa shape index (κ3) is 45.6. The summed E-state index contributed by atoms with van der Waals surface area (Å²) in [5, 5.41) is 23.0. The number of aliphatic hydroxyl groups is 2. The van der Waals surface area contributed by atoms with Crippen LogP contribution in [0.3, 0.4) is 0 Å². The van der Waals surface area contributed by atoms with Gasteiger partial charge < -0.3 is 20.3 Å². The van der Waals surface area contributed by atoms with Crippen LogP contribution in [0.15, 0.2) is 36.5 Å². The zero-order valence-corrected chi connectivity index (χ0v) is 39.9. The molecule has 0 spiro atoms. The summed E-state index contributed by atoms with van der Waals surface area (Å²) in [4.78, 5) is 24.4. The van der Waals surface area contributed by atoms with Crippen molar-refractivity contribution >= 4 is 11.9 Å². The van der Waals surface area contributed by atoms with Gasteiger partial charge in [0, 0.05) is 12.8 Å². The van der Waals surface area contributed by atoms with E-state index in [0.29, 0.717) is 25.9 Å². The van der Waals surface area contributed by atoms with E-state index in [0.717, 1.165) is 51.4 Å². The molecule has 352 valence electrons. The van der Waals surface area contributed by atoms with Gasteiger partial charge in [0.25, 0.3) is 0 Å². The van der Waals surface area contributed by atoms with Crippen molar-refractivity contribution < 1.29 is 24.5 Å². The minimum absolute atomic E-state index is 0.0181. The number of allylic oxidation sites excluding steroid dienone is 5. The largest absolute Gasteiger partial charge is 0.466 e. The summed E-state index contributed by atoms with van der Waals surface area (Å²) in [6.07, 6.45) is 60.2. The monoisotopic (exact) mass is 844 g/mol. The third-order valence-electron chi connectivity index (χ3n) is 11.9. The molecular formula is C54H101NO5. The normalized spacial score (nSPS) is 12.9. The van der Waals surface area contributed by atoms with E-state index in [9.17, 15) is 19.8 Å². The molecule has 0 saturated heterocycles. The summed E-state index contributed by atoms with van der Waals surface area (Å²) < 4.78 is 5.44. The second-order valence-electron chi connectivity index (χ2n) is 17.9. The molecule has 6 nitrogen and oxygen atoms in total. The Morgan fingerprint density at radius 2 is 0.850 bits per heavy atom. The van der Waals surface area contributed by atoms with Gasteiger partial charge >= 0.3 is 5.97 Å². The molecule has 0 saturated carbocycles. The molecule has 0 bridgehead atoms. The number of amides is 1. The fourth-order valence-electron chi connectivity index (χ4n) is 7.86. The van der Waals surface area contributed by atoms with E-state index in [1.807, 2.05) is 12.2 Å². The number of unbranched alkanes of at least 4 members (excludes halogenated alkanes) is 33. The average molecular weight is 844 g/mol. The van der Waals surface area contributed by atoms with Crippen LogP contribution < -0.4 is 5.32 Å². The highest BCUT2D eigenvalue weighted by atomic mass is 16.5. The molecule has 0 aromatic rings. The molecule has 0 rings (SSSR count). The fourth-order valence-corrected chi connectivity index (χ4v) is 7.86. The lowest BCUT2D eigenvalue weighted by molar-refractivity contribution is -0.143. The minimum Gasteiger partial charge on any atom is -0.466 e. The molecule has 60 heavy (non-hydrogen) atoms. The lowest BCUT2D eigenvalue weighted by Crippen LogP contribution is -2.45. The van der Waals surface area contributed by atoms with Crippen LogP contribution in [0.25, 0.3) is 0 Å². The van der Waals surface area contributed by atoms with Gasteiger partial charge in [-0.15, -0.1) is 0 Å². The summed E-state index contributed by atoms with van der Waals surface area (Å²) in [5.74, 6) is -0.166. The van der Waals surface area contributed by atoms with Crippen LogP contribution in [0.5, 0.6) is 0 Å². The van der Waals surface area contributed by atoms with Crippen LogP contribution in [0.2, 0.25) is 0 Å². The highest BCUT2D eigenvalue weighted by Crippen LogP contribution is 2.16. The first-order chi connectivity index (χ1) is 29.5. The summed E-state index contributed by atoms with van der Waals surface area (Å²) in [7, 11) is 0. The molecule has 3 N–H and O–H groups in total. The summed E-state index contributed by atoms with van der Waals surface area (Å²) >= 11 is 0. The second-order valence-corrected chi connectivity index (χ2v) is 17.9. The number of carbonyl (C=O) groups excluding carboxylic acids is 2. The molecule has 0 aliphatic rings. The van der Waals surface area contributed by atoms with E-state index in [1.54, 1.807) is 6.08 Å². The van der Waals surface area contributed by atoms with Crippen molar-refractivity contribution in [1.82, 2.24) is 5.32 Å². The van der Waals surface area contributed by atoms with Gasteiger partial charge in [0.2, 0.25) is 5.91 Å². The molecule has 0 aliphatic carbocycles. The van der Waals surface area contributed by atoms with Gasteiger partial charge in [-0.3, -0.25) is 9.59 Å². The Bertz CT molecular complexity index is 977. The van der Waals surface area contributed by atoms with Gasteiger partial charge in [0.1, 0.15) is 0 Å². The standard InChI is InChI=1S/C54H101NO5/c1-3-5-7-9-11-13-15-17-18-19-20-21-23-26-30-34-38-42-46-52(57)51(50-56)55-53(58)47-43-39-35-31-27-24-22-25-29-33-37-41-45-49-60-54(59)48-44-40-36-32-28-16-14-12-10-8-6-4-2/h24,27,35,39,42,46,51-52,56-57H,3-23,25-26,28-34,36-38,40-41,43-45,47-50H2,1-2H3,(H,55,58)/b27-24-,39-35-,46-42+.